The van der Waals surface area contributed by atoms with Crippen molar-refractivity contribution in [1.29, 1.82) is 0 Å². The topological polar surface area (TPSA) is 64.4 Å². The number of piperazine rings is 1. The van der Waals surface area contributed by atoms with Crippen molar-refractivity contribution in [3.63, 3.8) is 0 Å². The average molecular weight is 480 g/mol. The summed E-state index contributed by atoms with van der Waals surface area (Å²) in [5.74, 6) is 1.83. The van der Waals surface area contributed by atoms with E-state index in [0.717, 1.165) is 54.2 Å². The molecule has 3 heterocycles. The fourth-order valence-electron chi connectivity index (χ4n) is 4.42. The number of pyridine rings is 1. The highest BCUT2D eigenvalue weighted by Gasteiger charge is 2.16. The van der Waals surface area contributed by atoms with Gasteiger partial charge >= 0.3 is 6.61 Å². The number of nitrogens with zero attached hydrogens (tertiary/aromatic N) is 4. The van der Waals surface area contributed by atoms with E-state index in [9.17, 15) is 8.78 Å². The monoisotopic (exact) mass is 479 g/mol. The number of para-hydroxylation sites is 1. The quantitative estimate of drug-likeness (QED) is 0.407. The van der Waals surface area contributed by atoms with Crippen LogP contribution in [0.25, 0.3) is 22.2 Å². The molecule has 1 N–H and O–H groups in total. The Bertz CT molecular complexity index is 1290. The van der Waals surface area contributed by atoms with Gasteiger partial charge in [0.1, 0.15) is 24.0 Å². The van der Waals surface area contributed by atoms with Crippen molar-refractivity contribution in [3.05, 3.63) is 72.2 Å². The van der Waals surface area contributed by atoms with E-state index in [1.165, 1.54) is 0 Å². The first kappa shape index (κ1) is 23.2. The summed E-state index contributed by atoms with van der Waals surface area (Å²) in [4.78, 5) is 11.7. The smallest absolute Gasteiger partial charge is 0.387 e. The molecule has 182 valence electrons. The number of benzene rings is 2. The van der Waals surface area contributed by atoms with Gasteiger partial charge in [0.05, 0.1) is 17.6 Å². The zero-order valence-corrected chi connectivity index (χ0v) is 19.5. The normalized spacial score (nSPS) is 14.1. The number of anilines is 1. The Morgan fingerprint density at radius 3 is 2.57 bits per heavy atom. The molecule has 0 atom stereocenters. The summed E-state index contributed by atoms with van der Waals surface area (Å²) in [7, 11) is 1.61. The number of hydrogen-bond acceptors (Lipinski definition) is 6. The molecule has 2 aromatic heterocycles. The molecule has 1 aliphatic heterocycles. The fourth-order valence-corrected chi connectivity index (χ4v) is 4.42. The summed E-state index contributed by atoms with van der Waals surface area (Å²) in [5.41, 5.74) is 4.32. The van der Waals surface area contributed by atoms with Gasteiger partial charge in [-0.25, -0.2) is 9.97 Å². The van der Waals surface area contributed by atoms with Gasteiger partial charge in [-0.3, -0.25) is 0 Å². The highest BCUT2D eigenvalue weighted by atomic mass is 19.3. The third kappa shape index (κ3) is 5.11. The van der Waals surface area contributed by atoms with Gasteiger partial charge in [-0.15, -0.1) is 0 Å². The van der Waals surface area contributed by atoms with Gasteiger partial charge < -0.3 is 24.3 Å². The van der Waals surface area contributed by atoms with Crippen LogP contribution >= 0.6 is 0 Å². The second kappa shape index (κ2) is 10.4. The van der Waals surface area contributed by atoms with Gasteiger partial charge in [0.2, 0.25) is 0 Å². The molecule has 7 nitrogen and oxygen atoms in total. The highest BCUT2D eigenvalue weighted by Crippen LogP contribution is 2.29. The maximum absolute atomic E-state index is 12.9. The summed E-state index contributed by atoms with van der Waals surface area (Å²) in [5, 5.41) is 3.35. The SMILES string of the molecule is COCc1nc2ccc(-c3ccc(N4CCNCC4)nc3)cc2n1Cc1ccccc1OC(F)F. The van der Waals surface area contributed by atoms with Crippen LogP contribution in [0.4, 0.5) is 14.6 Å². The van der Waals surface area contributed by atoms with E-state index in [-0.39, 0.29) is 5.75 Å². The third-order valence-electron chi connectivity index (χ3n) is 6.14. The molecule has 0 saturated carbocycles. The van der Waals surface area contributed by atoms with Crippen LogP contribution in [0.3, 0.4) is 0 Å². The van der Waals surface area contributed by atoms with E-state index in [4.69, 9.17) is 19.4 Å². The maximum Gasteiger partial charge on any atom is 0.387 e. The van der Waals surface area contributed by atoms with E-state index in [0.29, 0.717) is 24.5 Å². The number of alkyl halides is 2. The van der Waals surface area contributed by atoms with Crippen molar-refractivity contribution in [1.82, 2.24) is 19.9 Å². The Balaban J connectivity index is 1.49. The molecule has 1 aliphatic rings. The van der Waals surface area contributed by atoms with Crippen LogP contribution in [0.5, 0.6) is 5.75 Å². The van der Waals surface area contributed by atoms with Gasteiger partial charge in [-0.2, -0.15) is 8.78 Å². The van der Waals surface area contributed by atoms with Crippen LogP contribution < -0.4 is 15.0 Å². The Morgan fingerprint density at radius 1 is 1.03 bits per heavy atom. The van der Waals surface area contributed by atoms with Gasteiger partial charge in [0.25, 0.3) is 0 Å². The first-order valence-corrected chi connectivity index (χ1v) is 11.6. The van der Waals surface area contributed by atoms with Gasteiger partial charge in [-0.1, -0.05) is 24.3 Å². The fraction of sp³-hybridized carbons (Fsp3) is 0.308. The molecule has 9 heteroatoms. The predicted octanol–water partition coefficient (Wildman–Crippen LogP) is 4.30. The van der Waals surface area contributed by atoms with Crippen LogP contribution in [0.2, 0.25) is 0 Å². The predicted molar refractivity (Wildman–Crippen MR) is 131 cm³/mol. The number of methoxy groups -OCH3 is 1. The zero-order chi connectivity index (χ0) is 24.2. The Labute approximate surface area is 202 Å². The molecule has 0 bridgehead atoms. The molecular formula is C26H27F2N5O2. The molecule has 4 aromatic rings. The lowest BCUT2D eigenvalue weighted by Gasteiger charge is -2.28. The lowest BCUT2D eigenvalue weighted by Crippen LogP contribution is -2.43. The van der Waals surface area contributed by atoms with Crippen molar-refractivity contribution >= 4 is 16.9 Å². The third-order valence-corrected chi connectivity index (χ3v) is 6.14. The molecule has 0 aliphatic carbocycles. The Kier molecular flexibility index (Phi) is 6.87. The lowest BCUT2D eigenvalue weighted by molar-refractivity contribution is -0.0504. The molecular weight excluding hydrogens is 452 g/mol. The molecule has 5 rings (SSSR count). The summed E-state index contributed by atoms with van der Waals surface area (Å²) < 4.78 is 38.0. The minimum Gasteiger partial charge on any atom is -0.434 e. The molecule has 0 spiro atoms. The molecule has 35 heavy (non-hydrogen) atoms. The van der Waals surface area contributed by atoms with Gasteiger partial charge in [0, 0.05) is 50.6 Å². The largest absolute Gasteiger partial charge is 0.434 e. The Hall–Kier alpha value is -3.56. The highest BCUT2D eigenvalue weighted by molar-refractivity contribution is 5.83. The van der Waals surface area contributed by atoms with E-state index in [2.05, 4.69) is 28.4 Å². The molecule has 2 aromatic carbocycles. The van der Waals surface area contributed by atoms with Gasteiger partial charge in [0.15, 0.2) is 0 Å². The second-order valence-electron chi connectivity index (χ2n) is 8.38. The number of imidazole rings is 1. The number of fused-ring (bicyclic) bond motifs is 1. The summed E-state index contributed by atoms with van der Waals surface area (Å²) >= 11 is 0. The minimum atomic E-state index is -2.89. The van der Waals surface area contributed by atoms with E-state index in [1.54, 1.807) is 31.4 Å². The molecule has 1 saturated heterocycles. The molecule has 0 unspecified atom stereocenters. The first-order valence-electron chi connectivity index (χ1n) is 11.6. The second-order valence-corrected chi connectivity index (χ2v) is 8.38. The zero-order valence-electron chi connectivity index (χ0n) is 19.5. The van der Waals surface area contributed by atoms with Crippen LogP contribution in [0.15, 0.2) is 60.8 Å². The van der Waals surface area contributed by atoms with Crippen molar-refractivity contribution in [3.8, 4) is 16.9 Å². The molecule has 0 amide bonds. The van der Waals surface area contributed by atoms with E-state index < -0.39 is 6.61 Å². The average Bonchev–Trinajstić information content (AvgIpc) is 3.22. The number of ether oxygens (including phenoxy) is 2. The van der Waals surface area contributed by atoms with Crippen LogP contribution in [0.1, 0.15) is 11.4 Å². The summed E-state index contributed by atoms with van der Waals surface area (Å²) in [6.45, 7) is 1.52. The lowest BCUT2D eigenvalue weighted by atomic mass is 10.1. The van der Waals surface area contributed by atoms with Crippen LogP contribution in [-0.4, -0.2) is 54.4 Å². The number of hydrogen-bond donors (Lipinski definition) is 1. The van der Waals surface area contributed by atoms with Crippen LogP contribution in [0, 0.1) is 0 Å². The number of rotatable bonds is 8. The van der Waals surface area contributed by atoms with Crippen molar-refractivity contribution in [2.75, 3.05) is 38.2 Å². The maximum atomic E-state index is 12.9. The van der Waals surface area contributed by atoms with Crippen molar-refractivity contribution < 1.29 is 18.3 Å². The van der Waals surface area contributed by atoms with Gasteiger partial charge in [-0.05, 0) is 35.9 Å². The molecule has 0 radical (unpaired) electrons. The van der Waals surface area contributed by atoms with E-state index in [1.807, 2.05) is 22.9 Å². The standard InChI is InChI=1S/C26H27F2N5O2/c1-34-17-25-31-21-8-6-18(19-7-9-24(30-15-19)32-12-10-29-11-13-32)14-22(21)33(25)16-20-4-2-3-5-23(20)35-26(27)28/h2-9,14-15,26,29H,10-13,16-17H2,1H3. The number of aromatic nitrogens is 3. The summed E-state index contributed by atoms with van der Waals surface area (Å²) in [6, 6.07) is 17.0. The number of halogens is 2. The minimum absolute atomic E-state index is 0.150. The van der Waals surface area contributed by atoms with Crippen molar-refractivity contribution in [2.45, 2.75) is 19.8 Å². The van der Waals surface area contributed by atoms with Crippen LogP contribution in [-0.2, 0) is 17.9 Å². The van der Waals surface area contributed by atoms with Crippen molar-refractivity contribution in [2.24, 2.45) is 0 Å². The van der Waals surface area contributed by atoms with E-state index >= 15 is 0 Å². The number of nitrogens with one attached hydrogen (secondary N) is 1. The Morgan fingerprint density at radius 2 is 1.83 bits per heavy atom. The summed E-state index contributed by atoms with van der Waals surface area (Å²) in [6.07, 6.45) is 1.89. The molecule has 1 fully saturated rings. The first-order chi connectivity index (χ1) is 17.1.